The molecule has 1 aromatic carbocycles. The predicted molar refractivity (Wildman–Crippen MR) is 90.9 cm³/mol. The number of carbonyl (C=O) groups excluding carboxylic acids is 2. The molecule has 1 N–H and O–H groups in total. The molecule has 2 aliphatic carbocycles. The van der Waals surface area contributed by atoms with Crippen molar-refractivity contribution in [3.05, 3.63) is 24.3 Å². The van der Waals surface area contributed by atoms with Gasteiger partial charge in [0.15, 0.2) is 0 Å². The van der Waals surface area contributed by atoms with Crippen LogP contribution in [0.4, 0.5) is 5.69 Å². The van der Waals surface area contributed by atoms with Gasteiger partial charge in [-0.3, -0.25) is 9.59 Å². The molecule has 0 unspecified atom stereocenters. The summed E-state index contributed by atoms with van der Waals surface area (Å²) < 4.78 is 5.58. The molecule has 0 bridgehead atoms. The molecule has 2 atom stereocenters. The summed E-state index contributed by atoms with van der Waals surface area (Å²) >= 11 is 0. The lowest BCUT2D eigenvalue weighted by atomic mass is 10.1. The maximum Gasteiger partial charge on any atom is 0.227 e. The maximum atomic E-state index is 12.5. The molecule has 4 rings (SSSR count). The van der Waals surface area contributed by atoms with Crippen molar-refractivity contribution in [2.75, 3.05) is 24.6 Å². The first kappa shape index (κ1) is 15.5. The lowest BCUT2D eigenvalue weighted by molar-refractivity contribution is -0.123. The summed E-state index contributed by atoms with van der Waals surface area (Å²) in [6.07, 6.45) is 4.86. The molecule has 128 valence electrons. The number of rotatable bonds is 5. The Morgan fingerprint density at radius 2 is 2.00 bits per heavy atom. The molecule has 1 heterocycles. The van der Waals surface area contributed by atoms with Crippen molar-refractivity contribution in [3.8, 4) is 5.75 Å². The highest BCUT2D eigenvalue weighted by atomic mass is 16.5. The summed E-state index contributed by atoms with van der Waals surface area (Å²) in [5.74, 6) is 2.64. The second-order valence-electron chi connectivity index (χ2n) is 7.04. The summed E-state index contributed by atoms with van der Waals surface area (Å²) in [4.78, 5) is 26.4. The first-order valence-electron chi connectivity index (χ1n) is 9.05. The number of ether oxygens (including phenoxy) is 1. The summed E-state index contributed by atoms with van der Waals surface area (Å²) in [6.45, 7) is 1.71. The first-order valence-corrected chi connectivity index (χ1v) is 9.05. The standard InChI is InChI=1S/C19H24N2O3/c22-17(21-11-12-24-16-8-2-1-7-15(16)21)9-4-10-20-19(23)18-13-5-3-6-14(13)18/h1-2,7-8,13-14,18H,3-6,9-12H2,(H,20,23)/t13-,14-/m0/s1. The second-order valence-corrected chi connectivity index (χ2v) is 7.04. The minimum absolute atomic E-state index is 0.100. The van der Waals surface area contributed by atoms with E-state index in [0.29, 0.717) is 44.4 Å². The molecule has 0 saturated heterocycles. The zero-order valence-corrected chi connectivity index (χ0v) is 13.9. The molecule has 3 aliphatic rings. The third-order valence-electron chi connectivity index (χ3n) is 5.61. The van der Waals surface area contributed by atoms with Gasteiger partial charge in [0.2, 0.25) is 11.8 Å². The Balaban J connectivity index is 1.22. The van der Waals surface area contributed by atoms with E-state index < -0.39 is 0 Å². The molecule has 1 aliphatic heterocycles. The van der Waals surface area contributed by atoms with E-state index in [2.05, 4.69) is 5.32 Å². The highest BCUT2D eigenvalue weighted by Gasteiger charge is 2.56. The fourth-order valence-electron chi connectivity index (χ4n) is 4.34. The van der Waals surface area contributed by atoms with Crippen LogP contribution in [0.3, 0.4) is 0 Å². The van der Waals surface area contributed by atoms with Crippen LogP contribution in [0.15, 0.2) is 24.3 Å². The van der Waals surface area contributed by atoms with Gasteiger partial charge in [0.1, 0.15) is 12.4 Å². The van der Waals surface area contributed by atoms with Crippen LogP contribution < -0.4 is 15.0 Å². The van der Waals surface area contributed by atoms with Gasteiger partial charge in [-0.05, 0) is 43.2 Å². The lowest BCUT2D eigenvalue weighted by Gasteiger charge is -2.29. The molecular formula is C19H24N2O3. The summed E-state index contributed by atoms with van der Waals surface area (Å²) in [5.41, 5.74) is 0.851. The van der Waals surface area contributed by atoms with E-state index in [1.165, 1.54) is 19.3 Å². The highest BCUT2D eigenvalue weighted by Crippen LogP contribution is 2.57. The van der Waals surface area contributed by atoms with Crippen molar-refractivity contribution in [2.24, 2.45) is 17.8 Å². The third-order valence-corrected chi connectivity index (χ3v) is 5.61. The van der Waals surface area contributed by atoms with Crippen LogP contribution in [0, 0.1) is 17.8 Å². The molecule has 1 aromatic rings. The van der Waals surface area contributed by atoms with Crippen molar-refractivity contribution in [1.82, 2.24) is 5.32 Å². The van der Waals surface area contributed by atoms with Crippen molar-refractivity contribution in [3.63, 3.8) is 0 Å². The zero-order valence-electron chi connectivity index (χ0n) is 13.9. The van der Waals surface area contributed by atoms with Gasteiger partial charge in [-0.25, -0.2) is 0 Å². The second kappa shape index (κ2) is 6.46. The number of anilines is 1. The molecule has 5 nitrogen and oxygen atoms in total. The number of amides is 2. The summed E-state index contributed by atoms with van der Waals surface area (Å²) in [6, 6.07) is 7.64. The van der Waals surface area contributed by atoms with E-state index >= 15 is 0 Å². The number of hydrogen-bond donors (Lipinski definition) is 1. The Bertz CT molecular complexity index is 635. The Kier molecular flexibility index (Phi) is 4.17. The number of para-hydroxylation sites is 2. The van der Waals surface area contributed by atoms with Gasteiger partial charge in [0.05, 0.1) is 12.2 Å². The van der Waals surface area contributed by atoms with Gasteiger partial charge in [-0.1, -0.05) is 18.6 Å². The third kappa shape index (κ3) is 2.87. The van der Waals surface area contributed by atoms with Crippen molar-refractivity contribution in [2.45, 2.75) is 32.1 Å². The van der Waals surface area contributed by atoms with Crippen LogP contribution in [0.5, 0.6) is 5.75 Å². The van der Waals surface area contributed by atoms with Gasteiger partial charge in [-0.15, -0.1) is 0 Å². The SMILES string of the molecule is O=C(NCCCC(=O)N1CCOc2ccccc21)C1[C@H]2CCC[C@H]12. The van der Waals surface area contributed by atoms with Crippen LogP contribution >= 0.6 is 0 Å². The molecule has 2 amide bonds. The van der Waals surface area contributed by atoms with Crippen molar-refractivity contribution < 1.29 is 14.3 Å². The molecule has 5 heteroatoms. The molecule has 0 aromatic heterocycles. The number of fused-ring (bicyclic) bond motifs is 2. The predicted octanol–water partition coefficient (Wildman–Crippen LogP) is 2.35. The van der Waals surface area contributed by atoms with E-state index in [1.807, 2.05) is 24.3 Å². The molecule has 2 saturated carbocycles. The van der Waals surface area contributed by atoms with Crippen LogP contribution in [0.2, 0.25) is 0 Å². The number of nitrogens with one attached hydrogen (secondary N) is 1. The Morgan fingerprint density at radius 3 is 2.83 bits per heavy atom. The minimum atomic E-state index is 0.100. The van der Waals surface area contributed by atoms with E-state index in [-0.39, 0.29) is 17.7 Å². The van der Waals surface area contributed by atoms with E-state index in [9.17, 15) is 9.59 Å². The first-order chi connectivity index (χ1) is 11.8. The van der Waals surface area contributed by atoms with Crippen LogP contribution in [0.1, 0.15) is 32.1 Å². The van der Waals surface area contributed by atoms with E-state index in [0.717, 1.165) is 11.4 Å². The topological polar surface area (TPSA) is 58.6 Å². The van der Waals surface area contributed by atoms with Gasteiger partial charge >= 0.3 is 0 Å². The molecular weight excluding hydrogens is 304 g/mol. The molecule has 24 heavy (non-hydrogen) atoms. The van der Waals surface area contributed by atoms with Crippen LogP contribution in [-0.2, 0) is 9.59 Å². The van der Waals surface area contributed by atoms with Crippen molar-refractivity contribution in [1.29, 1.82) is 0 Å². The Hall–Kier alpha value is -2.04. The number of hydrogen-bond acceptors (Lipinski definition) is 3. The molecule has 2 fully saturated rings. The Labute approximate surface area is 142 Å². The number of benzene rings is 1. The fourth-order valence-corrected chi connectivity index (χ4v) is 4.34. The van der Waals surface area contributed by atoms with E-state index in [4.69, 9.17) is 4.74 Å². The fraction of sp³-hybridized carbons (Fsp3) is 0.579. The van der Waals surface area contributed by atoms with Gasteiger partial charge in [0.25, 0.3) is 0 Å². The highest BCUT2D eigenvalue weighted by molar-refractivity contribution is 5.95. The van der Waals surface area contributed by atoms with Crippen molar-refractivity contribution >= 4 is 17.5 Å². The number of nitrogens with zero attached hydrogens (tertiary/aromatic N) is 1. The number of carbonyl (C=O) groups is 2. The van der Waals surface area contributed by atoms with Crippen LogP contribution in [0.25, 0.3) is 0 Å². The lowest BCUT2D eigenvalue weighted by Crippen LogP contribution is -2.38. The molecule has 0 radical (unpaired) electrons. The maximum absolute atomic E-state index is 12.5. The molecule has 0 spiro atoms. The van der Waals surface area contributed by atoms with E-state index in [1.54, 1.807) is 4.90 Å². The summed E-state index contributed by atoms with van der Waals surface area (Å²) in [5, 5.41) is 3.02. The van der Waals surface area contributed by atoms with Gasteiger partial charge in [-0.2, -0.15) is 0 Å². The largest absolute Gasteiger partial charge is 0.490 e. The normalized spacial score (nSPS) is 27.0. The van der Waals surface area contributed by atoms with Crippen LogP contribution in [-0.4, -0.2) is 31.5 Å². The van der Waals surface area contributed by atoms with Gasteiger partial charge < -0.3 is 15.0 Å². The monoisotopic (exact) mass is 328 g/mol. The minimum Gasteiger partial charge on any atom is -0.490 e. The zero-order chi connectivity index (χ0) is 16.5. The Morgan fingerprint density at radius 1 is 1.21 bits per heavy atom. The average Bonchev–Trinajstić information content (AvgIpc) is 3.10. The smallest absolute Gasteiger partial charge is 0.227 e. The van der Waals surface area contributed by atoms with Gasteiger partial charge in [0, 0.05) is 18.9 Å². The summed E-state index contributed by atoms with van der Waals surface area (Å²) in [7, 11) is 0. The average molecular weight is 328 g/mol. The quantitative estimate of drug-likeness (QED) is 0.844.